The highest BCUT2D eigenvalue weighted by atomic mass is 32.1. The van der Waals surface area contributed by atoms with Gasteiger partial charge in [0, 0.05) is 11.6 Å². The third kappa shape index (κ3) is 2.44. The number of rotatable bonds is 4. The van der Waals surface area contributed by atoms with Gasteiger partial charge in [-0.25, -0.2) is 4.98 Å². The van der Waals surface area contributed by atoms with Crippen molar-refractivity contribution in [3.05, 3.63) is 40.3 Å². The Hall–Kier alpha value is -2.06. The molecule has 1 unspecified atom stereocenters. The lowest BCUT2D eigenvalue weighted by molar-refractivity contribution is 0.742. The number of nitrogens with zero attached hydrogens (tertiary/aromatic N) is 2. The van der Waals surface area contributed by atoms with Gasteiger partial charge < -0.3 is 11.1 Å². The lowest BCUT2D eigenvalue weighted by Gasteiger charge is -2.17. The van der Waals surface area contributed by atoms with E-state index in [1.54, 1.807) is 23.6 Å². The maximum Gasteiger partial charge on any atom is 0.115 e. The lowest BCUT2D eigenvalue weighted by Crippen LogP contribution is -2.11. The van der Waals surface area contributed by atoms with Crippen LogP contribution in [0.5, 0.6) is 0 Å². The van der Waals surface area contributed by atoms with Gasteiger partial charge in [0.2, 0.25) is 0 Å². The predicted octanol–water partition coefficient (Wildman–Crippen LogP) is 3.16. The van der Waals surface area contributed by atoms with Crippen molar-refractivity contribution in [1.29, 1.82) is 5.26 Å². The molecule has 1 heterocycles. The SMILES string of the molecule is CCC(Nc1cccc(C#N)c1N)c1nccs1. The van der Waals surface area contributed by atoms with Gasteiger partial charge in [0.05, 0.1) is 23.0 Å². The molecule has 3 N–H and O–H groups in total. The molecule has 0 amide bonds. The van der Waals surface area contributed by atoms with E-state index in [2.05, 4.69) is 23.3 Å². The Labute approximate surface area is 110 Å². The lowest BCUT2D eigenvalue weighted by atomic mass is 10.1. The summed E-state index contributed by atoms with van der Waals surface area (Å²) >= 11 is 1.61. The summed E-state index contributed by atoms with van der Waals surface area (Å²) in [5.41, 5.74) is 7.73. The molecule has 1 atom stereocenters. The van der Waals surface area contributed by atoms with E-state index >= 15 is 0 Å². The topological polar surface area (TPSA) is 74.7 Å². The van der Waals surface area contributed by atoms with Crippen molar-refractivity contribution in [3.8, 4) is 6.07 Å². The highest BCUT2D eigenvalue weighted by Crippen LogP contribution is 2.29. The smallest absolute Gasteiger partial charge is 0.115 e. The fraction of sp³-hybridized carbons (Fsp3) is 0.231. The van der Waals surface area contributed by atoms with Crippen molar-refractivity contribution in [2.75, 3.05) is 11.1 Å². The van der Waals surface area contributed by atoms with Crippen LogP contribution in [0.4, 0.5) is 11.4 Å². The minimum atomic E-state index is 0.126. The summed E-state index contributed by atoms with van der Waals surface area (Å²) in [7, 11) is 0. The molecule has 0 aliphatic heterocycles. The molecule has 4 nitrogen and oxygen atoms in total. The summed E-state index contributed by atoms with van der Waals surface area (Å²) in [4.78, 5) is 4.31. The van der Waals surface area contributed by atoms with Crippen molar-refractivity contribution in [2.45, 2.75) is 19.4 Å². The number of benzene rings is 1. The zero-order chi connectivity index (χ0) is 13.0. The number of nitriles is 1. The zero-order valence-corrected chi connectivity index (χ0v) is 10.9. The van der Waals surface area contributed by atoms with Crippen LogP contribution in [0.1, 0.15) is 30.0 Å². The summed E-state index contributed by atoms with van der Waals surface area (Å²) in [6.45, 7) is 2.09. The second-order valence-electron chi connectivity index (χ2n) is 3.85. The summed E-state index contributed by atoms with van der Waals surface area (Å²) < 4.78 is 0. The molecule has 1 aromatic carbocycles. The molecule has 0 saturated carbocycles. The van der Waals surface area contributed by atoms with Crippen molar-refractivity contribution in [3.63, 3.8) is 0 Å². The molecular formula is C13H14N4S. The first kappa shape index (κ1) is 12.4. The van der Waals surface area contributed by atoms with E-state index in [1.165, 1.54) is 0 Å². The van der Waals surface area contributed by atoms with Crippen LogP contribution < -0.4 is 11.1 Å². The quantitative estimate of drug-likeness (QED) is 0.826. The van der Waals surface area contributed by atoms with E-state index in [4.69, 9.17) is 11.0 Å². The fourth-order valence-corrected chi connectivity index (χ4v) is 2.49. The van der Waals surface area contributed by atoms with Gasteiger partial charge in [-0.1, -0.05) is 13.0 Å². The number of nitrogen functional groups attached to an aromatic ring is 1. The van der Waals surface area contributed by atoms with Gasteiger partial charge in [0.1, 0.15) is 11.1 Å². The Balaban J connectivity index is 2.26. The average molecular weight is 258 g/mol. The maximum atomic E-state index is 8.95. The Kier molecular flexibility index (Phi) is 3.80. The molecular weight excluding hydrogens is 244 g/mol. The first-order valence-corrected chi connectivity index (χ1v) is 6.58. The number of nitrogens with one attached hydrogen (secondary N) is 1. The molecule has 2 rings (SSSR count). The van der Waals surface area contributed by atoms with Crippen LogP contribution in [0.3, 0.4) is 0 Å². The highest BCUT2D eigenvalue weighted by molar-refractivity contribution is 7.09. The fourth-order valence-electron chi connectivity index (χ4n) is 1.72. The second kappa shape index (κ2) is 5.52. The molecule has 0 bridgehead atoms. The predicted molar refractivity (Wildman–Crippen MR) is 74.3 cm³/mol. The molecule has 0 aliphatic rings. The van der Waals surface area contributed by atoms with E-state index in [0.717, 1.165) is 17.1 Å². The molecule has 18 heavy (non-hydrogen) atoms. The number of nitrogens with two attached hydrogens (primary N) is 1. The van der Waals surface area contributed by atoms with Gasteiger partial charge in [-0.3, -0.25) is 0 Å². The maximum absolute atomic E-state index is 8.95. The van der Waals surface area contributed by atoms with E-state index in [-0.39, 0.29) is 6.04 Å². The standard InChI is InChI=1S/C13H14N4S/c1-2-10(13-16-6-7-18-13)17-11-5-3-4-9(8-14)12(11)15/h3-7,10,17H,2,15H2,1H3. The summed E-state index contributed by atoms with van der Waals surface area (Å²) in [6.07, 6.45) is 2.70. The molecule has 0 spiro atoms. The highest BCUT2D eigenvalue weighted by Gasteiger charge is 2.13. The van der Waals surface area contributed by atoms with Gasteiger partial charge in [0.25, 0.3) is 0 Å². The van der Waals surface area contributed by atoms with Crippen LogP contribution in [0.25, 0.3) is 0 Å². The minimum Gasteiger partial charge on any atom is -0.396 e. The Morgan fingerprint density at radius 3 is 3.00 bits per heavy atom. The van der Waals surface area contributed by atoms with Crippen molar-refractivity contribution >= 4 is 22.7 Å². The molecule has 5 heteroatoms. The third-order valence-electron chi connectivity index (χ3n) is 2.71. The van der Waals surface area contributed by atoms with E-state index in [1.807, 2.05) is 17.5 Å². The van der Waals surface area contributed by atoms with E-state index in [9.17, 15) is 0 Å². The molecule has 2 aromatic rings. The second-order valence-corrected chi connectivity index (χ2v) is 4.78. The monoisotopic (exact) mass is 258 g/mol. The number of aromatic nitrogens is 1. The first-order chi connectivity index (χ1) is 8.76. The summed E-state index contributed by atoms with van der Waals surface area (Å²) in [6, 6.07) is 7.63. The molecule has 0 radical (unpaired) electrons. The van der Waals surface area contributed by atoms with Crippen molar-refractivity contribution < 1.29 is 0 Å². The van der Waals surface area contributed by atoms with Crippen LogP contribution in [-0.2, 0) is 0 Å². The molecule has 0 saturated heterocycles. The van der Waals surface area contributed by atoms with Crippen LogP contribution in [0, 0.1) is 11.3 Å². The Morgan fingerprint density at radius 1 is 1.56 bits per heavy atom. The molecule has 0 aliphatic carbocycles. The van der Waals surface area contributed by atoms with Crippen LogP contribution in [-0.4, -0.2) is 4.98 Å². The molecule has 1 aromatic heterocycles. The number of hydrogen-bond donors (Lipinski definition) is 2. The van der Waals surface area contributed by atoms with Gasteiger partial charge in [-0.2, -0.15) is 5.26 Å². The zero-order valence-electron chi connectivity index (χ0n) is 10.1. The number of anilines is 2. The number of hydrogen-bond acceptors (Lipinski definition) is 5. The van der Waals surface area contributed by atoms with Crippen molar-refractivity contribution in [2.24, 2.45) is 0 Å². The van der Waals surface area contributed by atoms with Gasteiger partial charge >= 0.3 is 0 Å². The third-order valence-corrected chi connectivity index (χ3v) is 3.60. The van der Waals surface area contributed by atoms with E-state index < -0.39 is 0 Å². The summed E-state index contributed by atoms with van der Waals surface area (Å²) in [5, 5.41) is 15.3. The van der Waals surface area contributed by atoms with E-state index in [0.29, 0.717) is 11.3 Å². The number of para-hydroxylation sites is 1. The normalized spacial score (nSPS) is 11.8. The van der Waals surface area contributed by atoms with Crippen LogP contribution >= 0.6 is 11.3 Å². The largest absolute Gasteiger partial charge is 0.396 e. The number of thiazole rings is 1. The van der Waals surface area contributed by atoms with Gasteiger partial charge in [-0.05, 0) is 18.6 Å². The van der Waals surface area contributed by atoms with Gasteiger partial charge in [0.15, 0.2) is 0 Å². The molecule has 92 valence electrons. The van der Waals surface area contributed by atoms with Gasteiger partial charge in [-0.15, -0.1) is 11.3 Å². The van der Waals surface area contributed by atoms with Crippen LogP contribution in [0.2, 0.25) is 0 Å². The summed E-state index contributed by atoms with van der Waals surface area (Å²) in [5.74, 6) is 0. The van der Waals surface area contributed by atoms with Crippen molar-refractivity contribution in [1.82, 2.24) is 4.98 Å². The molecule has 0 fully saturated rings. The Morgan fingerprint density at radius 2 is 2.39 bits per heavy atom. The minimum absolute atomic E-state index is 0.126. The van der Waals surface area contributed by atoms with Crippen LogP contribution in [0.15, 0.2) is 29.8 Å². The first-order valence-electron chi connectivity index (χ1n) is 5.70. The Bertz CT molecular complexity index is 557. The average Bonchev–Trinajstić information content (AvgIpc) is 2.91.